The number of carboxylic acids is 2. The maximum absolute atomic E-state index is 12.8. The zero-order valence-electron chi connectivity index (χ0n) is 34.4. The van der Waals surface area contributed by atoms with Crippen LogP contribution >= 0.6 is 0 Å². The van der Waals surface area contributed by atoms with Gasteiger partial charge in [0.25, 0.3) is 0 Å². The first-order valence-corrected chi connectivity index (χ1v) is 24.2. The van der Waals surface area contributed by atoms with Gasteiger partial charge in [0.1, 0.15) is 85.3 Å². The van der Waals surface area contributed by atoms with E-state index in [4.69, 9.17) is 37.7 Å². The number of aliphatic carboxylic acids is 2. The molecule has 0 saturated carbocycles. The predicted molar refractivity (Wildman–Crippen MR) is 200 cm³/mol. The summed E-state index contributed by atoms with van der Waals surface area (Å²) < 4.78 is 187. The Balaban J connectivity index is 1.81. The van der Waals surface area contributed by atoms with E-state index >= 15 is 0 Å². The molecule has 41 heteroatoms. The topological polar surface area (TPSA) is 573 Å². The molecule has 4 rings (SSSR count). The summed E-state index contributed by atoms with van der Waals surface area (Å²) in [6.45, 7) is -1.60. The van der Waals surface area contributed by atoms with E-state index in [0.717, 1.165) is 13.8 Å². The van der Waals surface area contributed by atoms with Gasteiger partial charge in [0.2, 0.25) is 11.8 Å². The molecule has 14 N–H and O–H groups in total. The van der Waals surface area contributed by atoms with Crippen LogP contribution in [-0.4, -0.2) is 252 Å². The quantitative estimate of drug-likeness (QED) is 0.0504. The van der Waals surface area contributed by atoms with Crippen molar-refractivity contribution in [1.82, 2.24) is 10.6 Å². The zero-order valence-corrected chi connectivity index (χ0v) is 37.6. The van der Waals surface area contributed by atoms with Crippen molar-refractivity contribution < 1.29 is 162 Å². The number of rotatable bonds is 20. The number of hydrogen-bond donors (Lipinski definition) is 14. The van der Waals surface area contributed by atoms with Gasteiger partial charge in [0.15, 0.2) is 37.4 Å². The van der Waals surface area contributed by atoms with Gasteiger partial charge in [-0.05, 0) is 0 Å². The lowest BCUT2D eigenvalue weighted by Gasteiger charge is -2.50. The fourth-order valence-corrected chi connectivity index (χ4v) is 8.70. The Morgan fingerprint density at radius 3 is 1.28 bits per heavy atom. The number of amides is 2. The van der Waals surface area contributed by atoms with Crippen LogP contribution in [0.2, 0.25) is 0 Å². The Hall–Kier alpha value is -3.16. The summed E-state index contributed by atoms with van der Waals surface area (Å²) >= 11 is 0. The smallest absolute Gasteiger partial charge is 0.397 e. The molecular formula is C28H44N2O35S4. The van der Waals surface area contributed by atoms with E-state index in [0.29, 0.717) is 0 Å². The van der Waals surface area contributed by atoms with Gasteiger partial charge < -0.3 is 84.6 Å². The van der Waals surface area contributed by atoms with Crippen LogP contribution in [0.15, 0.2) is 0 Å². The molecule has 0 aromatic heterocycles. The highest BCUT2D eigenvalue weighted by atomic mass is 32.3. The molecule has 4 saturated heterocycles. The number of nitrogens with one attached hydrogen (secondary N) is 2. The highest BCUT2D eigenvalue weighted by Gasteiger charge is 2.59. The van der Waals surface area contributed by atoms with Crippen molar-refractivity contribution >= 4 is 65.3 Å². The van der Waals surface area contributed by atoms with E-state index in [1.807, 2.05) is 10.6 Å². The van der Waals surface area contributed by atoms with E-state index in [-0.39, 0.29) is 0 Å². The first kappa shape index (κ1) is 58.4. The van der Waals surface area contributed by atoms with E-state index in [1.54, 1.807) is 0 Å². The molecule has 4 aliphatic rings. The number of carbonyl (C=O) groups excluding carboxylic acids is 2. The fraction of sp³-hybridized carbons (Fsp3) is 0.857. The van der Waals surface area contributed by atoms with Crippen LogP contribution in [0.1, 0.15) is 13.8 Å². The van der Waals surface area contributed by atoms with Crippen LogP contribution in [0, 0.1) is 0 Å². The second-order valence-electron chi connectivity index (χ2n) is 14.7. The Morgan fingerprint density at radius 1 is 0.464 bits per heavy atom. The zero-order chi connectivity index (χ0) is 52.5. The lowest BCUT2D eigenvalue weighted by molar-refractivity contribution is -0.366. The first-order chi connectivity index (χ1) is 31.5. The lowest BCUT2D eigenvalue weighted by atomic mass is 9.94. The largest absolute Gasteiger partial charge is 0.479 e. The molecule has 400 valence electrons. The minimum absolute atomic E-state index is 0.719. The molecular weight excluding hydrogens is 1050 g/mol. The second kappa shape index (κ2) is 22.7. The van der Waals surface area contributed by atoms with Crippen LogP contribution < -0.4 is 10.6 Å². The number of aliphatic hydroxyl groups is 6. The van der Waals surface area contributed by atoms with Gasteiger partial charge in [-0.2, -0.15) is 33.7 Å². The van der Waals surface area contributed by atoms with Crippen LogP contribution in [0.3, 0.4) is 0 Å². The van der Waals surface area contributed by atoms with Crippen molar-refractivity contribution in [3.63, 3.8) is 0 Å². The minimum Gasteiger partial charge on any atom is -0.479 e. The number of hydrogen-bond acceptors (Lipinski definition) is 29. The normalized spacial score (nSPS) is 39.2. The van der Waals surface area contributed by atoms with Crippen molar-refractivity contribution in [2.75, 3.05) is 13.2 Å². The van der Waals surface area contributed by atoms with Gasteiger partial charge >= 0.3 is 53.5 Å². The SMILES string of the molecule is CC(=O)NC1[C@H](O[C@@H]2C(C(=O)O)O[C@@H](O[C@@H]3C(NC(C)=O)[C@H](O)OC(COS(=O)(=O)O)[C@@H]3OS(=O)(=O)O)C(O)[C@H]2O)OC(COS(=O)(=O)O)C(OS(=O)(=O)O)[C@@H]1O[C@@H]1OC(C(=O)O)[C@@H](O)[C@H](O)C1O. The molecule has 4 heterocycles. The molecule has 4 aliphatic heterocycles. The molecule has 0 aliphatic carbocycles. The van der Waals surface area contributed by atoms with E-state index in [2.05, 4.69) is 16.7 Å². The molecule has 0 aromatic carbocycles. The van der Waals surface area contributed by atoms with Crippen LogP contribution in [0.4, 0.5) is 0 Å². The Labute approximate surface area is 386 Å². The van der Waals surface area contributed by atoms with Gasteiger partial charge in [0.05, 0.1) is 13.2 Å². The third-order valence-corrected chi connectivity index (χ3v) is 11.6. The maximum Gasteiger partial charge on any atom is 0.397 e. The van der Waals surface area contributed by atoms with E-state index < -0.39 is 201 Å². The van der Waals surface area contributed by atoms with Crippen LogP contribution in [-0.2, 0) is 111 Å². The Kier molecular flexibility index (Phi) is 19.2. The summed E-state index contributed by atoms with van der Waals surface area (Å²) in [4.78, 5) is 49.4. The van der Waals surface area contributed by atoms with Gasteiger partial charge in [-0.3, -0.25) is 27.8 Å². The van der Waals surface area contributed by atoms with Crippen molar-refractivity contribution in [2.24, 2.45) is 0 Å². The highest BCUT2D eigenvalue weighted by molar-refractivity contribution is 7.81. The number of carboxylic acid groups (broad SMARTS) is 2. The average molecular weight is 1100 g/mol. The summed E-state index contributed by atoms with van der Waals surface area (Å²) in [6, 6.07) is -4.50. The molecule has 9 unspecified atom stereocenters. The number of ether oxygens (including phenoxy) is 7. The van der Waals surface area contributed by atoms with Crippen molar-refractivity contribution in [2.45, 2.75) is 137 Å². The van der Waals surface area contributed by atoms with E-state index in [1.165, 1.54) is 0 Å². The third kappa shape index (κ3) is 15.9. The van der Waals surface area contributed by atoms with Crippen molar-refractivity contribution in [1.29, 1.82) is 0 Å². The first-order valence-electron chi connectivity index (χ1n) is 18.7. The standard InChI is InChI=1S/C28H44N2O35S4/c1-5(31)29-9-18(16(64-68(49,50)51)7(57-25(9)42)3-55-66(43,44)45)59-28-15(37)13(35)20(22(63-28)24(40)41)61-26-10(30-6(2)32)19(60-27-14(36)11(33)12(34)21(62-27)23(38)39)17(65-69(52,53)54)8(58-26)4-56-67(46,47)48/h7-22,25-28,33-37,42H,3-4H2,1-2H3,(H,29,31)(H,30,32)(H,38,39)(H,40,41)(H,43,44,45)(H,46,47,48)(H,49,50,51)(H,52,53,54)/t7?,8?,9?,10?,11-,12-,13+,14?,15?,16-,17?,18+,19+,20-,21?,22?,25+,26-,27+,28+/m0/s1. The molecule has 20 atom stereocenters. The number of carbonyl (C=O) groups is 4. The Morgan fingerprint density at radius 2 is 0.855 bits per heavy atom. The molecule has 0 bridgehead atoms. The predicted octanol–water partition coefficient (Wildman–Crippen LogP) is -9.97. The summed E-state index contributed by atoms with van der Waals surface area (Å²) in [5.74, 6) is -6.52. The molecule has 0 aromatic rings. The van der Waals surface area contributed by atoms with Gasteiger partial charge in [-0.1, -0.05) is 0 Å². The van der Waals surface area contributed by atoms with Gasteiger partial charge in [-0.15, -0.1) is 0 Å². The summed E-state index contributed by atoms with van der Waals surface area (Å²) in [6.07, 6.45) is -46.0. The van der Waals surface area contributed by atoms with Crippen molar-refractivity contribution in [3.8, 4) is 0 Å². The molecule has 4 fully saturated rings. The highest BCUT2D eigenvalue weighted by Crippen LogP contribution is 2.37. The molecule has 37 nitrogen and oxygen atoms in total. The van der Waals surface area contributed by atoms with Gasteiger partial charge in [-0.25, -0.2) is 26.3 Å². The van der Waals surface area contributed by atoms with Crippen LogP contribution in [0.5, 0.6) is 0 Å². The lowest BCUT2D eigenvalue weighted by Crippen LogP contribution is -2.71. The summed E-state index contributed by atoms with van der Waals surface area (Å²) in [5, 5.41) is 88.6. The van der Waals surface area contributed by atoms with E-state index in [9.17, 15) is 107 Å². The monoisotopic (exact) mass is 1100 g/mol. The third-order valence-electron chi connectivity index (χ3n) is 9.75. The molecule has 0 radical (unpaired) electrons. The van der Waals surface area contributed by atoms with Crippen LogP contribution in [0.25, 0.3) is 0 Å². The van der Waals surface area contributed by atoms with Gasteiger partial charge in [0, 0.05) is 13.8 Å². The Bertz CT molecular complexity index is 2300. The second-order valence-corrected chi connectivity index (χ2v) is 19.0. The molecule has 2 amide bonds. The summed E-state index contributed by atoms with van der Waals surface area (Å²) in [5.41, 5.74) is 0. The summed E-state index contributed by atoms with van der Waals surface area (Å²) in [7, 11) is -22.5. The maximum atomic E-state index is 12.8. The fourth-order valence-electron chi connectivity index (χ4n) is 7.06. The minimum atomic E-state index is -5.83. The number of aliphatic hydroxyl groups excluding tert-OH is 6. The molecule has 69 heavy (non-hydrogen) atoms. The van der Waals surface area contributed by atoms with Crippen molar-refractivity contribution in [3.05, 3.63) is 0 Å². The average Bonchev–Trinajstić information content (AvgIpc) is 3.18. The molecule has 0 spiro atoms.